The van der Waals surface area contributed by atoms with Gasteiger partial charge < -0.3 is 5.73 Å². The molecule has 0 saturated heterocycles. The Morgan fingerprint density at radius 1 is 1.26 bits per heavy atom. The van der Waals surface area contributed by atoms with Gasteiger partial charge in [-0.3, -0.25) is 0 Å². The zero-order valence-corrected chi connectivity index (χ0v) is 11.1. The molecule has 19 heavy (non-hydrogen) atoms. The van der Waals surface area contributed by atoms with Gasteiger partial charge in [-0.05, 0) is 12.0 Å². The summed E-state index contributed by atoms with van der Waals surface area (Å²) in [6.07, 6.45) is 0.701. The Morgan fingerprint density at radius 2 is 1.95 bits per heavy atom. The molecule has 102 valence electrons. The van der Waals surface area contributed by atoms with E-state index in [1.54, 1.807) is 7.05 Å². The van der Waals surface area contributed by atoms with E-state index in [1.807, 2.05) is 13.8 Å². The molecule has 0 aliphatic rings. The second-order valence-electron chi connectivity index (χ2n) is 4.93. The molecule has 0 saturated carbocycles. The van der Waals surface area contributed by atoms with Crippen molar-refractivity contribution in [2.45, 2.75) is 20.3 Å². The Labute approximate surface area is 110 Å². The number of aromatic nitrogens is 3. The molecule has 2 aromatic rings. The third-order valence-corrected chi connectivity index (χ3v) is 2.73. The number of nitrogens with two attached hydrogens (primary N) is 1. The predicted octanol–water partition coefficient (Wildman–Crippen LogP) is 2.54. The van der Waals surface area contributed by atoms with Gasteiger partial charge in [0.25, 0.3) is 0 Å². The van der Waals surface area contributed by atoms with Crippen molar-refractivity contribution in [1.82, 2.24) is 14.8 Å². The summed E-state index contributed by atoms with van der Waals surface area (Å²) in [6, 6.07) is 2.01. The molecule has 4 nitrogen and oxygen atoms in total. The van der Waals surface area contributed by atoms with Crippen LogP contribution in [0.4, 0.5) is 14.5 Å². The zero-order chi connectivity index (χ0) is 14.2. The summed E-state index contributed by atoms with van der Waals surface area (Å²) in [7, 11) is 1.67. The number of benzene rings is 1. The van der Waals surface area contributed by atoms with Gasteiger partial charge in [0.15, 0.2) is 11.6 Å². The van der Waals surface area contributed by atoms with E-state index in [1.165, 1.54) is 10.7 Å². The van der Waals surface area contributed by atoms with Crippen LogP contribution in [0.15, 0.2) is 12.1 Å². The first-order valence-corrected chi connectivity index (χ1v) is 6.03. The Balaban J connectivity index is 2.47. The lowest BCUT2D eigenvalue weighted by Crippen LogP contribution is -2.00. The molecule has 0 aliphatic carbocycles. The molecule has 0 radical (unpaired) electrons. The standard InChI is InChI=1S/C13H16F2N4/c1-7(2)4-12-17-13(19(3)18-12)8-5-11(16)10(15)6-9(8)14/h5-7H,4,16H2,1-3H3. The molecule has 2 N–H and O–H groups in total. The molecule has 1 aromatic carbocycles. The molecular weight excluding hydrogens is 250 g/mol. The van der Waals surface area contributed by atoms with Crippen LogP contribution in [0.1, 0.15) is 19.7 Å². The average Bonchev–Trinajstić information content (AvgIpc) is 2.63. The van der Waals surface area contributed by atoms with E-state index in [0.717, 1.165) is 6.07 Å². The van der Waals surface area contributed by atoms with Crippen LogP contribution in [-0.4, -0.2) is 14.8 Å². The Hall–Kier alpha value is -1.98. The molecule has 2 rings (SSSR count). The van der Waals surface area contributed by atoms with Gasteiger partial charge in [0, 0.05) is 19.5 Å². The molecule has 0 amide bonds. The number of hydrogen-bond donors (Lipinski definition) is 1. The minimum Gasteiger partial charge on any atom is -0.396 e. The van der Waals surface area contributed by atoms with Gasteiger partial charge in [0.2, 0.25) is 0 Å². The van der Waals surface area contributed by atoms with Crippen LogP contribution in [0.3, 0.4) is 0 Å². The Kier molecular flexibility index (Phi) is 3.50. The molecule has 0 atom stereocenters. The number of aryl methyl sites for hydroxylation is 1. The fraction of sp³-hybridized carbons (Fsp3) is 0.385. The van der Waals surface area contributed by atoms with E-state index in [-0.39, 0.29) is 11.3 Å². The largest absolute Gasteiger partial charge is 0.396 e. The van der Waals surface area contributed by atoms with Crippen molar-refractivity contribution >= 4 is 5.69 Å². The van der Waals surface area contributed by atoms with Crippen molar-refractivity contribution in [1.29, 1.82) is 0 Å². The van der Waals surface area contributed by atoms with Gasteiger partial charge in [-0.15, -0.1) is 0 Å². The van der Waals surface area contributed by atoms with Crippen LogP contribution in [0.2, 0.25) is 0 Å². The summed E-state index contributed by atoms with van der Waals surface area (Å²) in [4.78, 5) is 4.29. The number of anilines is 1. The second kappa shape index (κ2) is 4.95. The van der Waals surface area contributed by atoms with Crippen LogP contribution in [0.5, 0.6) is 0 Å². The maximum Gasteiger partial charge on any atom is 0.161 e. The normalized spacial score (nSPS) is 11.3. The molecule has 1 aromatic heterocycles. The quantitative estimate of drug-likeness (QED) is 0.868. The Bertz CT molecular complexity index is 605. The lowest BCUT2D eigenvalue weighted by molar-refractivity contribution is 0.586. The molecule has 0 spiro atoms. The lowest BCUT2D eigenvalue weighted by Gasteiger charge is -2.04. The van der Waals surface area contributed by atoms with Crippen LogP contribution < -0.4 is 5.73 Å². The van der Waals surface area contributed by atoms with Crippen molar-refractivity contribution in [3.63, 3.8) is 0 Å². The number of hydrogen-bond acceptors (Lipinski definition) is 3. The van der Waals surface area contributed by atoms with Crippen molar-refractivity contribution < 1.29 is 8.78 Å². The SMILES string of the molecule is CC(C)Cc1nc(-c2cc(N)c(F)cc2F)n(C)n1. The highest BCUT2D eigenvalue weighted by Gasteiger charge is 2.16. The van der Waals surface area contributed by atoms with Crippen LogP contribution in [-0.2, 0) is 13.5 Å². The molecule has 1 heterocycles. The van der Waals surface area contributed by atoms with Crippen molar-refractivity contribution in [3.8, 4) is 11.4 Å². The summed E-state index contributed by atoms with van der Waals surface area (Å²) >= 11 is 0. The summed E-state index contributed by atoms with van der Waals surface area (Å²) < 4.78 is 28.4. The summed E-state index contributed by atoms with van der Waals surface area (Å²) in [5.74, 6) is -0.0860. The monoisotopic (exact) mass is 266 g/mol. The summed E-state index contributed by atoms with van der Waals surface area (Å²) in [5, 5.41) is 4.22. The summed E-state index contributed by atoms with van der Waals surface area (Å²) in [6.45, 7) is 4.10. The van der Waals surface area contributed by atoms with E-state index in [9.17, 15) is 8.78 Å². The van der Waals surface area contributed by atoms with Gasteiger partial charge in [-0.25, -0.2) is 18.4 Å². The van der Waals surface area contributed by atoms with Gasteiger partial charge in [0.1, 0.15) is 11.6 Å². The third-order valence-electron chi connectivity index (χ3n) is 2.73. The second-order valence-corrected chi connectivity index (χ2v) is 4.93. The Morgan fingerprint density at radius 3 is 2.58 bits per heavy atom. The minimum absolute atomic E-state index is 0.107. The highest BCUT2D eigenvalue weighted by Crippen LogP contribution is 2.25. The van der Waals surface area contributed by atoms with E-state index < -0.39 is 11.6 Å². The van der Waals surface area contributed by atoms with Gasteiger partial charge in [0.05, 0.1) is 11.3 Å². The smallest absolute Gasteiger partial charge is 0.161 e. The molecule has 6 heteroatoms. The van der Waals surface area contributed by atoms with Crippen molar-refractivity contribution in [2.75, 3.05) is 5.73 Å². The number of nitrogens with zero attached hydrogens (tertiary/aromatic N) is 3. The topological polar surface area (TPSA) is 56.7 Å². The van der Waals surface area contributed by atoms with E-state index in [4.69, 9.17) is 5.73 Å². The van der Waals surface area contributed by atoms with E-state index in [2.05, 4.69) is 10.1 Å². The number of halogens is 2. The lowest BCUT2D eigenvalue weighted by atomic mass is 10.1. The maximum atomic E-state index is 13.8. The van der Waals surface area contributed by atoms with Crippen LogP contribution in [0, 0.1) is 17.6 Å². The molecule has 0 fully saturated rings. The fourth-order valence-corrected chi connectivity index (χ4v) is 1.86. The maximum absolute atomic E-state index is 13.8. The average molecular weight is 266 g/mol. The fourth-order valence-electron chi connectivity index (χ4n) is 1.86. The van der Waals surface area contributed by atoms with E-state index in [0.29, 0.717) is 24.0 Å². The third kappa shape index (κ3) is 2.72. The van der Waals surface area contributed by atoms with Crippen LogP contribution >= 0.6 is 0 Å². The molecule has 0 aliphatic heterocycles. The summed E-state index contributed by atoms with van der Waals surface area (Å²) in [5.41, 5.74) is 5.52. The van der Waals surface area contributed by atoms with Crippen molar-refractivity contribution in [3.05, 3.63) is 29.6 Å². The highest BCUT2D eigenvalue weighted by atomic mass is 19.1. The first-order valence-electron chi connectivity index (χ1n) is 6.03. The van der Waals surface area contributed by atoms with Gasteiger partial charge in [-0.1, -0.05) is 13.8 Å². The molecular formula is C13H16F2N4. The predicted molar refractivity (Wildman–Crippen MR) is 69.3 cm³/mol. The first kappa shape index (κ1) is 13.5. The number of nitrogen functional groups attached to an aromatic ring is 1. The van der Waals surface area contributed by atoms with Crippen molar-refractivity contribution in [2.24, 2.45) is 13.0 Å². The van der Waals surface area contributed by atoms with E-state index >= 15 is 0 Å². The van der Waals surface area contributed by atoms with Gasteiger partial charge >= 0.3 is 0 Å². The van der Waals surface area contributed by atoms with Crippen LogP contribution in [0.25, 0.3) is 11.4 Å². The first-order chi connectivity index (χ1) is 8.88. The number of rotatable bonds is 3. The minimum atomic E-state index is -0.772. The highest BCUT2D eigenvalue weighted by molar-refractivity contribution is 5.62. The zero-order valence-electron chi connectivity index (χ0n) is 11.1. The molecule has 0 unspecified atom stereocenters. The molecule has 0 bridgehead atoms. The van der Waals surface area contributed by atoms with Gasteiger partial charge in [-0.2, -0.15) is 5.10 Å².